The summed E-state index contributed by atoms with van der Waals surface area (Å²) < 4.78 is 0. The van der Waals surface area contributed by atoms with Crippen LogP contribution in [0.15, 0.2) is 60.3 Å². The normalized spacial score (nSPS) is 24.8. The number of allylic oxidation sites excluding steroid dienone is 7. The summed E-state index contributed by atoms with van der Waals surface area (Å²) in [5.41, 5.74) is 4.73. The van der Waals surface area contributed by atoms with E-state index < -0.39 is 0 Å². The van der Waals surface area contributed by atoms with E-state index in [2.05, 4.69) is 31.9 Å². The summed E-state index contributed by atoms with van der Waals surface area (Å²) in [6.07, 6.45) is 6.08. The second-order valence-electron chi connectivity index (χ2n) is 3.40. The Bertz CT molecular complexity index is 324. The first-order valence-electron chi connectivity index (χ1n) is 4.46. The maximum Gasteiger partial charge on any atom is 0.0290 e. The van der Waals surface area contributed by atoms with Crippen LogP contribution in [0.5, 0.6) is 0 Å². The van der Waals surface area contributed by atoms with E-state index in [1.54, 1.807) is 0 Å². The van der Waals surface area contributed by atoms with Gasteiger partial charge in [0.25, 0.3) is 0 Å². The third-order valence-corrected chi connectivity index (χ3v) is 2.38. The molecule has 1 rings (SSSR count). The zero-order chi connectivity index (χ0) is 10.0. The molecule has 0 heteroatoms. The Balaban J connectivity index is 3.14. The summed E-state index contributed by atoms with van der Waals surface area (Å²) >= 11 is 0. The standard InChI is InChI=1S/C13H16/c1-6-11-8-10(5)13(9(3)4)12(11)7-2/h6-8,13H,1,3,5H2,2,4H3/b12-7+. The summed E-state index contributed by atoms with van der Waals surface area (Å²) in [4.78, 5) is 0. The molecule has 1 unspecified atom stereocenters. The fraction of sp³-hybridized carbons (Fsp3) is 0.231. The summed E-state index contributed by atoms with van der Waals surface area (Å²) in [6, 6.07) is 0. The molecule has 0 saturated heterocycles. The van der Waals surface area contributed by atoms with Gasteiger partial charge in [0.1, 0.15) is 0 Å². The van der Waals surface area contributed by atoms with Crippen LogP contribution in [0.25, 0.3) is 0 Å². The molecule has 0 aromatic rings. The van der Waals surface area contributed by atoms with Crippen molar-refractivity contribution in [3.05, 3.63) is 60.3 Å². The van der Waals surface area contributed by atoms with Gasteiger partial charge in [0, 0.05) is 5.92 Å². The molecule has 0 N–H and O–H groups in total. The van der Waals surface area contributed by atoms with Crippen molar-refractivity contribution < 1.29 is 0 Å². The summed E-state index contributed by atoms with van der Waals surface area (Å²) in [5, 5.41) is 0. The number of hydrogen-bond acceptors (Lipinski definition) is 0. The maximum atomic E-state index is 4.03. The summed E-state index contributed by atoms with van der Waals surface area (Å²) in [7, 11) is 0. The zero-order valence-corrected chi connectivity index (χ0v) is 8.43. The first kappa shape index (κ1) is 9.79. The molecule has 13 heavy (non-hydrogen) atoms. The highest BCUT2D eigenvalue weighted by Crippen LogP contribution is 2.38. The van der Waals surface area contributed by atoms with Gasteiger partial charge in [-0.05, 0) is 30.6 Å². The highest BCUT2D eigenvalue weighted by Gasteiger charge is 2.24. The van der Waals surface area contributed by atoms with E-state index in [9.17, 15) is 0 Å². The van der Waals surface area contributed by atoms with Crippen LogP contribution < -0.4 is 0 Å². The minimum atomic E-state index is 0.304. The average Bonchev–Trinajstić information content (AvgIpc) is 2.41. The second kappa shape index (κ2) is 3.61. The van der Waals surface area contributed by atoms with Gasteiger partial charge in [0.15, 0.2) is 0 Å². The summed E-state index contributed by atoms with van der Waals surface area (Å²) in [5.74, 6) is 0.304. The lowest BCUT2D eigenvalue weighted by molar-refractivity contribution is 0.905. The molecule has 0 fully saturated rings. The van der Waals surface area contributed by atoms with Gasteiger partial charge in [-0.3, -0.25) is 0 Å². The first-order valence-corrected chi connectivity index (χ1v) is 4.46. The Morgan fingerprint density at radius 3 is 2.54 bits per heavy atom. The third-order valence-electron chi connectivity index (χ3n) is 2.38. The van der Waals surface area contributed by atoms with Gasteiger partial charge >= 0.3 is 0 Å². The van der Waals surface area contributed by atoms with Crippen molar-refractivity contribution in [1.82, 2.24) is 0 Å². The van der Waals surface area contributed by atoms with E-state index in [1.807, 2.05) is 19.9 Å². The monoisotopic (exact) mass is 172 g/mol. The quantitative estimate of drug-likeness (QED) is 0.556. The Morgan fingerprint density at radius 1 is 1.54 bits per heavy atom. The smallest absolute Gasteiger partial charge is 0.0290 e. The Hall–Kier alpha value is -1.30. The van der Waals surface area contributed by atoms with Crippen molar-refractivity contribution in [1.29, 1.82) is 0 Å². The molecular formula is C13H16. The molecule has 0 bridgehead atoms. The number of rotatable bonds is 2. The Morgan fingerprint density at radius 2 is 2.15 bits per heavy atom. The van der Waals surface area contributed by atoms with Crippen LogP contribution in [0.2, 0.25) is 0 Å². The largest absolute Gasteiger partial charge is 0.0992 e. The summed E-state index contributed by atoms with van der Waals surface area (Å²) in [6.45, 7) is 15.9. The molecule has 1 aliphatic carbocycles. The van der Waals surface area contributed by atoms with Crippen molar-refractivity contribution in [3.63, 3.8) is 0 Å². The van der Waals surface area contributed by atoms with Crippen LogP contribution in [0, 0.1) is 5.92 Å². The third kappa shape index (κ3) is 1.57. The lowest BCUT2D eigenvalue weighted by Gasteiger charge is -2.14. The van der Waals surface area contributed by atoms with Crippen molar-refractivity contribution in [3.8, 4) is 0 Å². The molecule has 1 aliphatic rings. The second-order valence-corrected chi connectivity index (χ2v) is 3.40. The van der Waals surface area contributed by atoms with Crippen LogP contribution in [0.1, 0.15) is 13.8 Å². The Kier molecular flexibility index (Phi) is 2.72. The van der Waals surface area contributed by atoms with Gasteiger partial charge in [-0.1, -0.05) is 43.5 Å². The van der Waals surface area contributed by atoms with Crippen LogP contribution in [-0.4, -0.2) is 0 Å². The van der Waals surface area contributed by atoms with Gasteiger partial charge in [-0.25, -0.2) is 0 Å². The van der Waals surface area contributed by atoms with Gasteiger partial charge in [0.2, 0.25) is 0 Å². The highest BCUT2D eigenvalue weighted by molar-refractivity contribution is 5.57. The van der Waals surface area contributed by atoms with Crippen molar-refractivity contribution in [2.75, 3.05) is 0 Å². The zero-order valence-electron chi connectivity index (χ0n) is 8.43. The molecule has 0 radical (unpaired) electrons. The van der Waals surface area contributed by atoms with Crippen LogP contribution in [0.4, 0.5) is 0 Å². The Labute approximate surface area is 80.7 Å². The van der Waals surface area contributed by atoms with Crippen LogP contribution >= 0.6 is 0 Å². The van der Waals surface area contributed by atoms with Crippen molar-refractivity contribution >= 4 is 0 Å². The first-order chi connectivity index (χ1) is 6.11. The molecule has 0 saturated carbocycles. The van der Waals surface area contributed by atoms with E-state index in [0.717, 1.165) is 11.1 Å². The van der Waals surface area contributed by atoms with E-state index in [0.29, 0.717) is 5.92 Å². The van der Waals surface area contributed by atoms with Crippen molar-refractivity contribution in [2.24, 2.45) is 5.92 Å². The minimum Gasteiger partial charge on any atom is -0.0992 e. The van der Waals surface area contributed by atoms with Crippen molar-refractivity contribution in [2.45, 2.75) is 13.8 Å². The molecule has 0 aromatic heterocycles. The molecule has 1 atom stereocenters. The van der Waals surface area contributed by atoms with Gasteiger partial charge in [-0.15, -0.1) is 0 Å². The van der Waals surface area contributed by atoms with Crippen LogP contribution in [-0.2, 0) is 0 Å². The maximum absolute atomic E-state index is 4.03. The fourth-order valence-electron chi connectivity index (χ4n) is 1.82. The topological polar surface area (TPSA) is 0 Å². The lowest BCUT2D eigenvalue weighted by atomic mass is 9.90. The van der Waals surface area contributed by atoms with E-state index in [-0.39, 0.29) is 0 Å². The molecule has 0 nitrogen and oxygen atoms in total. The van der Waals surface area contributed by atoms with E-state index in [1.165, 1.54) is 11.1 Å². The van der Waals surface area contributed by atoms with Crippen LogP contribution in [0.3, 0.4) is 0 Å². The highest BCUT2D eigenvalue weighted by atomic mass is 14.3. The fourth-order valence-corrected chi connectivity index (χ4v) is 1.82. The number of hydrogen-bond donors (Lipinski definition) is 0. The molecular weight excluding hydrogens is 156 g/mol. The SMILES string of the molecule is C=CC1=CC(=C)C(C(=C)C)/C1=C/C. The molecule has 0 spiro atoms. The molecule has 0 aliphatic heterocycles. The molecule has 0 heterocycles. The van der Waals surface area contributed by atoms with Gasteiger partial charge in [-0.2, -0.15) is 0 Å². The van der Waals surface area contributed by atoms with Gasteiger partial charge in [0.05, 0.1) is 0 Å². The predicted molar refractivity (Wildman–Crippen MR) is 59.5 cm³/mol. The lowest BCUT2D eigenvalue weighted by Crippen LogP contribution is -2.01. The van der Waals surface area contributed by atoms with E-state index in [4.69, 9.17) is 0 Å². The molecule has 68 valence electrons. The minimum absolute atomic E-state index is 0.304. The van der Waals surface area contributed by atoms with Gasteiger partial charge < -0.3 is 0 Å². The predicted octanol–water partition coefficient (Wildman–Crippen LogP) is 3.81. The average molecular weight is 172 g/mol. The van der Waals surface area contributed by atoms with E-state index >= 15 is 0 Å². The molecule has 0 amide bonds. The molecule has 0 aromatic carbocycles.